The average Bonchev–Trinajstić information content (AvgIpc) is 3.38. The van der Waals surface area contributed by atoms with Crippen molar-refractivity contribution < 1.29 is 17.6 Å². The zero-order valence-corrected chi connectivity index (χ0v) is 17.1. The molecule has 0 aliphatic carbocycles. The van der Waals surface area contributed by atoms with Gasteiger partial charge >= 0.3 is 0 Å². The summed E-state index contributed by atoms with van der Waals surface area (Å²) in [4.78, 5) is 18.9. The van der Waals surface area contributed by atoms with Gasteiger partial charge in [-0.1, -0.05) is 18.2 Å². The number of aromatic nitrogens is 1. The summed E-state index contributed by atoms with van der Waals surface area (Å²) in [6, 6.07) is 11.4. The topological polar surface area (TPSA) is 67.3 Å². The third-order valence-electron chi connectivity index (χ3n) is 5.68. The Labute approximate surface area is 171 Å². The molecule has 1 saturated heterocycles. The molecule has 0 radical (unpaired) electrons. The summed E-state index contributed by atoms with van der Waals surface area (Å²) in [7, 11) is -3.50. The summed E-state index contributed by atoms with van der Waals surface area (Å²) in [5.74, 6) is -0.811. The molecule has 0 saturated carbocycles. The highest BCUT2D eigenvalue weighted by molar-refractivity contribution is 7.92. The van der Waals surface area contributed by atoms with Crippen LogP contribution in [-0.4, -0.2) is 42.5 Å². The SMILES string of the molecule is Cc1nc(C(=O)N2CC3c4cc(-c5ccc(F)cc5)ccc4S(=O)(=O)C3C2)cs1. The van der Waals surface area contributed by atoms with Crippen LogP contribution in [0.2, 0.25) is 0 Å². The van der Waals surface area contributed by atoms with Crippen LogP contribution < -0.4 is 0 Å². The minimum absolute atomic E-state index is 0.170. The van der Waals surface area contributed by atoms with Gasteiger partial charge in [0.15, 0.2) is 9.84 Å². The number of likely N-dealkylation sites (tertiary alicyclic amines) is 1. The molecule has 5 nitrogen and oxygen atoms in total. The molecule has 5 rings (SSSR count). The molecule has 1 fully saturated rings. The number of rotatable bonds is 2. The van der Waals surface area contributed by atoms with Crippen LogP contribution in [0.15, 0.2) is 52.7 Å². The van der Waals surface area contributed by atoms with Crippen LogP contribution in [0.4, 0.5) is 4.39 Å². The fourth-order valence-corrected chi connectivity index (χ4v) is 7.01. The maximum Gasteiger partial charge on any atom is 0.273 e. The highest BCUT2D eigenvalue weighted by Gasteiger charge is 2.51. The Kier molecular flexibility index (Phi) is 4.11. The summed E-state index contributed by atoms with van der Waals surface area (Å²) < 4.78 is 39.4. The molecule has 0 bridgehead atoms. The number of carbonyl (C=O) groups is 1. The van der Waals surface area contributed by atoms with Gasteiger partial charge in [0.2, 0.25) is 0 Å². The molecule has 0 spiro atoms. The van der Waals surface area contributed by atoms with Crippen LogP contribution in [0.5, 0.6) is 0 Å². The highest BCUT2D eigenvalue weighted by Crippen LogP contribution is 2.46. The number of benzene rings is 2. The second-order valence-electron chi connectivity index (χ2n) is 7.41. The van der Waals surface area contributed by atoms with Crippen LogP contribution in [0, 0.1) is 12.7 Å². The molecule has 8 heteroatoms. The van der Waals surface area contributed by atoms with Gasteiger partial charge in [-0.15, -0.1) is 11.3 Å². The normalized spacial score (nSPS) is 21.8. The van der Waals surface area contributed by atoms with Gasteiger partial charge in [-0.3, -0.25) is 4.79 Å². The molecule has 2 aliphatic heterocycles. The number of carbonyl (C=O) groups excluding carboxylic acids is 1. The molecule has 2 atom stereocenters. The predicted molar refractivity (Wildman–Crippen MR) is 108 cm³/mol. The highest BCUT2D eigenvalue weighted by atomic mass is 32.2. The Bertz CT molecular complexity index is 1240. The van der Waals surface area contributed by atoms with Crippen molar-refractivity contribution in [3.05, 3.63) is 69.9 Å². The van der Waals surface area contributed by atoms with E-state index in [1.807, 2.05) is 13.0 Å². The summed E-state index contributed by atoms with van der Waals surface area (Å²) in [6.07, 6.45) is 0. The smallest absolute Gasteiger partial charge is 0.273 e. The number of fused-ring (bicyclic) bond motifs is 3. The number of thiazole rings is 1. The quantitative estimate of drug-likeness (QED) is 0.625. The Morgan fingerprint density at radius 3 is 2.55 bits per heavy atom. The van der Waals surface area contributed by atoms with Crippen molar-refractivity contribution in [2.24, 2.45) is 0 Å². The Hall–Kier alpha value is -2.58. The fourth-order valence-electron chi connectivity index (χ4n) is 4.26. The number of amides is 1. The zero-order chi connectivity index (χ0) is 20.3. The van der Waals surface area contributed by atoms with E-state index in [1.54, 1.807) is 34.5 Å². The van der Waals surface area contributed by atoms with Gasteiger partial charge in [-0.25, -0.2) is 17.8 Å². The van der Waals surface area contributed by atoms with E-state index in [1.165, 1.54) is 23.5 Å². The van der Waals surface area contributed by atoms with E-state index in [-0.39, 0.29) is 24.2 Å². The van der Waals surface area contributed by atoms with Crippen molar-refractivity contribution in [2.45, 2.75) is 23.0 Å². The van der Waals surface area contributed by atoms with Crippen molar-refractivity contribution >= 4 is 27.1 Å². The van der Waals surface area contributed by atoms with Gasteiger partial charge in [0.1, 0.15) is 11.5 Å². The predicted octanol–water partition coefficient (Wildman–Crippen LogP) is 3.65. The van der Waals surface area contributed by atoms with Gasteiger partial charge in [-0.2, -0.15) is 0 Å². The molecule has 3 heterocycles. The summed E-state index contributed by atoms with van der Waals surface area (Å²) in [6.45, 7) is 2.35. The van der Waals surface area contributed by atoms with Gasteiger partial charge in [-0.05, 0) is 47.9 Å². The number of hydrogen-bond donors (Lipinski definition) is 0. The van der Waals surface area contributed by atoms with E-state index in [0.717, 1.165) is 21.7 Å². The standard InChI is InChI=1S/C21H17FN2O3S2/c1-12-23-18(11-28-12)21(25)24-9-17-16-8-14(13-2-5-15(22)6-3-13)4-7-19(16)29(26,27)20(17)10-24/h2-8,11,17,20H,9-10H2,1H3. The lowest BCUT2D eigenvalue weighted by Gasteiger charge is -2.17. The first-order valence-electron chi connectivity index (χ1n) is 9.20. The molecule has 29 heavy (non-hydrogen) atoms. The zero-order valence-electron chi connectivity index (χ0n) is 15.5. The van der Waals surface area contributed by atoms with Gasteiger partial charge in [0.05, 0.1) is 15.2 Å². The maximum absolute atomic E-state index is 13.2. The van der Waals surface area contributed by atoms with E-state index in [2.05, 4.69) is 4.98 Å². The van der Waals surface area contributed by atoms with Gasteiger partial charge in [0, 0.05) is 24.4 Å². The van der Waals surface area contributed by atoms with Crippen molar-refractivity contribution in [2.75, 3.05) is 13.1 Å². The fraction of sp³-hybridized carbons (Fsp3) is 0.238. The summed E-state index contributed by atoms with van der Waals surface area (Å²) in [5, 5.41) is 1.88. The molecule has 148 valence electrons. The molecule has 3 aromatic rings. The maximum atomic E-state index is 13.2. The number of halogens is 1. The average molecular weight is 429 g/mol. The summed E-state index contributed by atoms with van der Waals surface area (Å²) >= 11 is 1.40. The van der Waals surface area contributed by atoms with Gasteiger partial charge in [0.25, 0.3) is 5.91 Å². The van der Waals surface area contributed by atoms with Gasteiger partial charge < -0.3 is 4.90 Å². The van der Waals surface area contributed by atoms with E-state index < -0.39 is 15.1 Å². The van der Waals surface area contributed by atoms with Crippen molar-refractivity contribution in [1.82, 2.24) is 9.88 Å². The van der Waals surface area contributed by atoms with E-state index in [0.29, 0.717) is 17.1 Å². The molecule has 1 amide bonds. The van der Waals surface area contributed by atoms with E-state index >= 15 is 0 Å². The van der Waals surface area contributed by atoms with Crippen molar-refractivity contribution in [1.29, 1.82) is 0 Å². The first-order valence-corrected chi connectivity index (χ1v) is 11.6. The van der Waals surface area contributed by atoms with Crippen LogP contribution in [0.1, 0.15) is 27.0 Å². The van der Waals surface area contributed by atoms with E-state index in [4.69, 9.17) is 0 Å². The lowest BCUT2D eigenvalue weighted by atomic mass is 9.94. The molecule has 2 aromatic carbocycles. The minimum Gasteiger partial charge on any atom is -0.335 e. The van der Waals surface area contributed by atoms with Crippen LogP contribution in [0.3, 0.4) is 0 Å². The number of hydrogen-bond acceptors (Lipinski definition) is 5. The molecule has 1 aromatic heterocycles. The third-order valence-corrected chi connectivity index (χ3v) is 8.72. The largest absolute Gasteiger partial charge is 0.335 e. The molecule has 2 unspecified atom stereocenters. The first-order chi connectivity index (χ1) is 13.8. The molecular formula is C21H17FN2O3S2. The molecule has 0 N–H and O–H groups in total. The first kappa shape index (κ1) is 18.4. The Morgan fingerprint density at radius 1 is 1.14 bits per heavy atom. The third kappa shape index (κ3) is 2.89. The van der Waals surface area contributed by atoms with Crippen LogP contribution >= 0.6 is 11.3 Å². The molecule has 2 aliphatic rings. The van der Waals surface area contributed by atoms with E-state index in [9.17, 15) is 17.6 Å². The Balaban J connectivity index is 1.51. The van der Waals surface area contributed by atoms with Crippen molar-refractivity contribution in [3.63, 3.8) is 0 Å². The van der Waals surface area contributed by atoms with Crippen LogP contribution in [0.25, 0.3) is 11.1 Å². The number of aryl methyl sites for hydroxylation is 1. The molecular weight excluding hydrogens is 411 g/mol. The lowest BCUT2D eigenvalue weighted by Crippen LogP contribution is -2.31. The summed E-state index contributed by atoms with van der Waals surface area (Å²) in [5.41, 5.74) is 2.75. The van der Waals surface area contributed by atoms with Crippen LogP contribution in [-0.2, 0) is 9.84 Å². The minimum atomic E-state index is -3.50. The second kappa shape index (κ2) is 6.47. The Morgan fingerprint density at radius 2 is 1.86 bits per heavy atom. The monoisotopic (exact) mass is 428 g/mol. The lowest BCUT2D eigenvalue weighted by molar-refractivity contribution is 0.0785. The number of nitrogens with zero attached hydrogens (tertiary/aromatic N) is 2. The number of sulfone groups is 1. The second-order valence-corrected chi connectivity index (χ2v) is 10.6. The van der Waals surface area contributed by atoms with Crippen molar-refractivity contribution in [3.8, 4) is 11.1 Å².